The van der Waals surface area contributed by atoms with Crippen molar-refractivity contribution in [2.45, 2.75) is 32.0 Å². The summed E-state index contributed by atoms with van der Waals surface area (Å²) >= 11 is 0. The maximum Gasteiger partial charge on any atom is 0.243 e. The number of fused-ring (bicyclic) bond motifs is 1. The molecular formula is C27H37N9O2. The van der Waals surface area contributed by atoms with E-state index < -0.39 is 0 Å². The number of ether oxygens (including phenoxy) is 1. The van der Waals surface area contributed by atoms with E-state index in [1.54, 1.807) is 7.11 Å². The van der Waals surface area contributed by atoms with Gasteiger partial charge in [-0.1, -0.05) is 6.58 Å². The predicted octanol–water partition coefficient (Wildman–Crippen LogP) is 2.41. The minimum atomic E-state index is -0.226. The number of aromatic nitrogens is 4. The second-order valence-electron chi connectivity index (χ2n) is 10.3. The summed E-state index contributed by atoms with van der Waals surface area (Å²) in [6, 6.07) is 8.45. The molecule has 2 aliphatic heterocycles. The maximum atomic E-state index is 12.0. The number of amides is 1. The number of nitrogens with zero attached hydrogens (tertiary/aromatic N) is 7. The van der Waals surface area contributed by atoms with Gasteiger partial charge in [0.05, 0.1) is 18.5 Å². The van der Waals surface area contributed by atoms with Crippen LogP contribution in [0.5, 0.6) is 0 Å². The molecule has 3 aromatic rings. The van der Waals surface area contributed by atoms with Crippen LogP contribution < -0.4 is 20.4 Å². The third-order valence-corrected chi connectivity index (χ3v) is 7.33. The number of methoxy groups -OCH3 is 1. The fraction of sp³-hybridized carbons (Fsp3) is 0.481. The number of rotatable bonds is 8. The summed E-state index contributed by atoms with van der Waals surface area (Å²) in [5.74, 6) is 0.980. The summed E-state index contributed by atoms with van der Waals surface area (Å²) in [7, 11) is 3.81. The van der Waals surface area contributed by atoms with E-state index in [2.05, 4.69) is 77.2 Å². The van der Waals surface area contributed by atoms with E-state index in [0.717, 1.165) is 37.5 Å². The molecule has 38 heavy (non-hydrogen) atoms. The van der Waals surface area contributed by atoms with Crippen LogP contribution in [0.1, 0.15) is 19.9 Å². The van der Waals surface area contributed by atoms with Crippen molar-refractivity contribution in [3.8, 4) is 0 Å². The molecule has 0 radical (unpaired) electrons. The Hall–Kier alpha value is -3.70. The minimum absolute atomic E-state index is 0.184. The SMILES string of the molecule is C=CC(=O)N[C@@H]1CN(c2nc(Nc3ccc(N4CCN(C)CC4)cc3)c3ncn(C(C)C)c3n2)C[C@@H]1OC. The van der Waals surface area contributed by atoms with Crippen LogP contribution in [0.2, 0.25) is 0 Å². The van der Waals surface area contributed by atoms with Crippen molar-refractivity contribution < 1.29 is 9.53 Å². The number of carbonyl (C=O) groups excluding carboxylic acids is 1. The Morgan fingerprint density at radius 1 is 1.11 bits per heavy atom. The van der Waals surface area contributed by atoms with Gasteiger partial charge in [0.1, 0.15) is 0 Å². The molecule has 1 amide bonds. The average molecular weight is 520 g/mol. The summed E-state index contributed by atoms with van der Waals surface area (Å²) in [5.41, 5.74) is 3.62. The fourth-order valence-electron chi connectivity index (χ4n) is 5.02. The Bertz CT molecular complexity index is 1280. The molecule has 0 aliphatic carbocycles. The smallest absolute Gasteiger partial charge is 0.243 e. The molecule has 2 N–H and O–H groups in total. The third-order valence-electron chi connectivity index (χ3n) is 7.33. The molecule has 202 valence electrons. The van der Waals surface area contributed by atoms with Gasteiger partial charge in [0.15, 0.2) is 17.0 Å². The largest absolute Gasteiger partial charge is 0.377 e. The number of piperazine rings is 1. The van der Waals surface area contributed by atoms with Gasteiger partial charge in [0, 0.05) is 63.8 Å². The molecule has 1 aromatic carbocycles. The number of carbonyl (C=O) groups is 1. The van der Waals surface area contributed by atoms with Crippen LogP contribution in [-0.2, 0) is 9.53 Å². The maximum absolute atomic E-state index is 12.0. The van der Waals surface area contributed by atoms with Gasteiger partial charge in [-0.25, -0.2) is 4.98 Å². The molecule has 2 atom stereocenters. The van der Waals surface area contributed by atoms with Gasteiger partial charge in [-0.15, -0.1) is 0 Å². The Labute approximate surface area is 223 Å². The standard InChI is InChI=1S/C27H37N9O2/c1-6-23(37)30-21-15-35(16-22(21)38-5)27-31-25(24-26(32-27)36(17-28-24)18(2)3)29-19-7-9-20(10-8-19)34-13-11-33(4)12-14-34/h6-10,17-18,21-22H,1,11-16H2,2-5H3,(H,30,37)(H,29,31,32)/t21-,22+/m1/s1. The summed E-state index contributed by atoms with van der Waals surface area (Å²) in [6.07, 6.45) is 2.90. The molecule has 0 bridgehead atoms. The number of hydrogen-bond acceptors (Lipinski definition) is 9. The van der Waals surface area contributed by atoms with Crippen LogP contribution >= 0.6 is 0 Å². The first kappa shape index (κ1) is 25.9. The van der Waals surface area contributed by atoms with E-state index in [0.29, 0.717) is 30.4 Å². The fourth-order valence-corrected chi connectivity index (χ4v) is 5.02. The van der Waals surface area contributed by atoms with Gasteiger partial charge in [0.2, 0.25) is 11.9 Å². The first-order chi connectivity index (χ1) is 18.4. The summed E-state index contributed by atoms with van der Waals surface area (Å²) in [6.45, 7) is 13.0. The lowest BCUT2D eigenvalue weighted by Crippen LogP contribution is -2.44. The highest BCUT2D eigenvalue weighted by molar-refractivity contribution is 5.88. The molecule has 11 nitrogen and oxygen atoms in total. The summed E-state index contributed by atoms with van der Waals surface area (Å²) < 4.78 is 7.71. The number of hydrogen-bond donors (Lipinski definition) is 2. The molecule has 5 rings (SSSR count). The van der Waals surface area contributed by atoms with Gasteiger partial charge in [-0.2, -0.15) is 9.97 Å². The van der Waals surface area contributed by atoms with Crippen molar-refractivity contribution in [3.05, 3.63) is 43.2 Å². The van der Waals surface area contributed by atoms with Crippen molar-refractivity contribution in [3.63, 3.8) is 0 Å². The van der Waals surface area contributed by atoms with Gasteiger partial charge in [-0.3, -0.25) is 4.79 Å². The van der Waals surface area contributed by atoms with E-state index in [4.69, 9.17) is 14.7 Å². The molecule has 2 saturated heterocycles. The van der Waals surface area contributed by atoms with Crippen molar-refractivity contribution in [1.82, 2.24) is 29.7 Å². The third kappa shape index (κ3) is 5.30. The van der Waals surface area contributed by atoms with Crippen LogP contribution in [0.15, 0.2) is 43.2 Å². The second-order valence-corrected chi connectivity index (χ2v) is 10.3. The monoisotopic (exact) mass is 519 g/mol. The van der Waals surface area contributed by atoms with Crippen LogP contribution in [0.25, 0.3) is 11.2 Å². The first-order valence-corrected chi connectivity index (χ1v) is 13.1. The molecule has 2 aliphatic rings. The predicted molar refractivity (Wildman–Crippen MR) is 150 cm³/mol. The van der Waals surface area contributed by atoms with Crippen molar-refractivity contribution in [1.29, 1.82) is 0 Å². The molecule has 4 heterocycles. The molecular weight excluding hydrogens is 482 g/mol. The van der Waals surface area contributed by atoms with Gasteiger partial charge in [0.25, 0.3) is 0 Å². The lowest BCUT2D eigenvalue weighted by atomic mass is 10.2. The van der Waals surface area contributed by atoms with Crippen LogP contribution in [0.4, 0.5) is 23.1 Å². The molecule has 2 fully saturated rings. The summed E-state index contributed by atoms with van der Waals surface area (Å²) in [5, 5.41) is 6.44. The topological polar surface area (TPSA) is 104 Å². The van der Waals surface area contributed by atoms with Crippen LogP contribution in [-0.4, -0.2) is 95.9 Å². The van der Waals surface area contributed by atoms with Crippen molar-refractivity contribution in [2.75, 3.05) is 68.5 Å². The van der Waals surface area contributed by atoms with E-state index >= 15 is 0 Å². The van der Waals surface area contributed by atoms with Crippen LogP contribution in [0, 0.1) is 0 Å². The number of likely N-dealkylation sites (N-methyl/N-ethyl adjacent to an activating group) is 1. The second kappa shape index (κ2) is 11.0. The first-order valence-electron chi connectivity index (χ1n) is 13.1. The number of imidazole rings is 1. The van der Waals surface area contributed by atoms with Gasteiger partial charge in [-0.05, 0) is 51.2 Å². The Balaban J connectivity index is 1.43. The quantitative estimate of drug-likeness (QED) is 0.434. The van der Waals surface area contributed by atoms with Crippen LogP contribution in [0.3, 0.4) is 0 Å². The zero-order valence-electron chi connectivity index (χ0n) is 22.6. The zero-order chi connectivity index (χ0) is 26.8. The van der Waals surface area contributed by atoms with Gasteiger partial charge < -0.3 is 34.6 Å². The molecule has 0 spiro atoms. The van der Waals surface area contributed by atoms with Crippen molar-refractivity contribution >= 4 is 40.2 Å². The normalized spacial score (nSPS) is 20.3. The van der Waals surface area contributed by atoms with E-state index in [1.807, 2.05) is 15.8 Å². The molecule has 0 unspecified atom stereocenters. The molecule has 0 saturated carbocycles. The Morgan fingerprint density at radius 2 is 1.84 bits per heavy atom. The highest BCUT2D eigenvalue weighted by Gasteiger charge is 2.35. The van der Waals surface area contributed by atoms with Crippen molar-refractivity contribution in [2.24, 2.45) is 0 Å². The highest BCUT2D eigenvalue weighted by atomic mass is 16.5. The lowest BCUT2D eigenvalue weighted by molar-refractivity contribution is -0.117. The Kier molecular flexibility index (Phi) is 7.48. The lowest BCUT2D eigenvalue weighted by Gasteiger charge is -2.34. The summed E-state index contributed by atoms with van der Waals surface area (Å²) in [4.78, 5) is 33.2. The Morgan fingerprint density at radius 3 is 2.50 bits per heavy atom. The van der Waals surface area contributed by atoms with E-state index in [-0.39, 0.29) is 24.1 Å². The molecule has 11 heteroatoms. The molecule has 2 aromatic heterocycles. The van der Waals surface area contributed by atoms with E-state index in [9.17, 15) is 4.79 Å². The number of anilines is 4. The minimum Gasteiger partial charge on any atom is -0.377 e. The number of nitrogens with one attached hydrogen (secondary N) is 2. The number of benzene rings is 1. The zero-order valence-corrected chi connectivity index (χ0v) is 22.6. The highest BCUT2D eigenvalue weighted by Crippen LogP contribution is 2.30. The average Bonchev–Trinajstić information content (AvgIpc) is 3.54. The van der Waals surface area contributed by atoms with Gasteiger partial charge >= 0.3 is 0 Å². The van der Waals surface area contributed by atoms with E-state index in [1.165, 1.54) is 11.8 Å².